The van der Waals surface area contributed by atoms with E-state index >= 15 is 0 Å². The van der Waals surface area contributed by atoms with Gasteiger partial charge < -0.3 is 18.6 Å². The molecule has 146 valence electrons. The first kappa shape index (κ1) is 17.9. The van der Waals surface area contributed by atoms with Gasteiger partial charge in [-0.3, -0.25) is 4.90 Å². The number of ether oxygens (including phenoxy) is 2. The maximum absolute atomic E-state index is 5.90. The van der Waals surface area contributed by atoms with Gasteiger partial charge in [-0.05, 0) is 18.2 Å². The smallest absolute Gasteiger partial charge is 0.160 e. The molecule has 1 aromatic carbocycles. The minimum atomic E-state index is 0.623. The van der Waals surface area contributed by atoms with Crippen molar-refractivity contribution < 1.29 is 9.47 Å². The third-order valence-electron chi connectivity index (χ3n) is 5.26. The number of halogens is 1. The van der Waals surface area contributed by atoms with E-state index < -0.39 is 0 Å². The average molecular weight is 444 g/mol. The lowest BCUT2D eigenvalue weighted by molar-refractivity contribution is 0.0364. The van der Waals surface area contributed by atoms with Crippen LogP contribution in [0, 0.1) is 0 Å². The summed E-state index contributed by atoms with van der Waals surface area (Å²) >= 11 is 3.52. The van der Waals surface area contributed by atoms with E-state index in [0.29, 0.717) is 6.61 Å². The predicted octanol–water partition coefficient (Wildman–Crippen LogP) is 2.90. The Morgan fingerprint density at radius 1 is 1.04 bits per heavy atom. The molecule has 0 atom stereocenters. The third-order valence-corrected chi connectivity index (χ3v) is 5.75. The lowest BCUT2D eigenvalue weighted by atomic mass is 10.2. The number of imidazole rings is 2. The number of benzene rings is 1. The molecule has 0 saturated carbocycles. The third kappa shape index (κ3) is 3.47. The van der Waals surface area contributed by atoms with Crippen LogP contribution in [0.25, 0.3) is 22.9 Å². The SMILES string of the molecule is Brc1ccc2c(c1)OCCn1cc(-c3nccn3CCN3CCOCC3)nc1-2. The van der Waals surface area contributed by atoms with Gasteiger partial charge in [0.05, 0.1) is 25.3 Å². The fourth-order valence-electron chi connectivity index (χ4n) is 3.76. The molecule has 1 fully saturated rings. The van der Waals surface area contributed by atoms with Crippen LogP contribution in [0.1, 0.15) is 0 Å². The molecule has 7 nitrogen and oxygen atoms in total. The topological polar surface area (TPSA) is 57.3 Å². The van der Waals surface area contributed by atoms with Crippen molar-refractivity contribution in [3.63, 3.8) is 0 Å². The normalized spacial score (nSPS) is 16.9. The molecular weight excluding hydrogens is 422 g/mol. The Balaban J connectivity index is 1.43. The van der Waals surface area contributed by atoms with Gasteiger partial charge in [0.2, 0.25) is 0 Å². The van der Waals surface area contributed by atoms with Crippen LogP contribution in [0.3, 0.4) is 0 Å². The van der Waals surface area contributed by atoms with Gasteiger partial charge in [0.25, 0.3) is 0 Å². The summed E-state index contributed by atoms with van der Waals surface area (Å²) in [7, 11) is 0. The highest BCUT2D eigenvalue weighted by atomic mass is 79.9. The molecule has 3 aromatic rings. The fourth-order valence-corrected chi connectivity index (χ4v) is 4.10. The summed E-state index contributed by atoms with van der Waals surface area (Å²) in [5, 5.41) is 0. The van der Waals surface area contributed by atoms with Crippen molar-refractivity contribution in [3.05, 3.63) is 41.3 Å². The number of morpholine rings is 1. The van der Waals surface area contributed by atoms with Gasteiger partial charge in [-0.15, -0.1) is 0 Å². The summed E-state index contributed by atoms with van der Waals surface area (Å²) < 4.78 is 16.7. The molecule has 0 unspecified atom stereocenters. The summed E-state index contributed by atoms with van der Waals surface area (Å²) in [6, 6.07) is 6.08. The molecule has 0 radical (unpaired) electrons. The molecule has 0 amide bonds. The average Bonchev–Trinajstić information content (AvgIpc) is 3.31. The van der Waals surface area contributed by atoms with Crippen LogP contribution in [0.5, 0.6) is 5.75 Å². The molecule has 1 saturated heterocycles. The molecule has 28 heavy (non-hydrogen) atoms. The van der Waals surface area contributed by atoms with E-state index in [4.69, 9.17) is 14.5 Å². The van der Waals surface area contributed by atoms with Crippen LogP contribution in [-0.4, -0.2) is 63.5 Å². The highest BCUT2D eigenvalue weighted by Gasteiger charge is 2.21. The monoisotopic (exact) mass is 443 g/mol. The van der Waals surface area contributed by atoms with Gasteiger partial charge in [-0.1, -0.05) is 15.9 Å². The Bertz CT molecular complexity index is 977. The summed E-state index contributed by atoms with van der Waals surface area (Å²) in [4.78, 5) is 12.0. The number of hydrogen-bond acceptors (Lipinski definition) is 5. The van der Waals surface area contributed by atoms with E-state index in [-0.39, 0.29) is 0 Å². The molecule has 8 heteroatoms. The Hall–Kier alpha value is -2.16. The van der Waals surface area contributed by atoms with Gasteiger partial charge >= 0.3 is 0 Å². The van der Waals surface area contributed by atoms with E-state index in [1.807, 2.05) is 24.5 Å². The zero-order valence-corrected chi connectivity index (χ0v) is 17.1. The van der Waals surface area contributed by atoms with E-state index in [0.717, 1.165) is 79.1 Å². The number of fused-ring (bicyclic) bond motifs is 3. The van der Waals surface area contributed by atoms with E-state index in [1.54, 1.807) is 0 Å². The van der Waals surface area contributed by atoms with Gasteiger partial charge in [-0.25, -0.2) is 9.97 Å². The first-order valence-corrected chi connectivity index (χ1v) is 10.4. The minimum Gasteiger partial charge on any atom is -0.491 e. The second kappa shape index (κ2) is 7.69. The first-order chi connectivity index (χ1) is 13.8. The Labute approximate surface area is 172 Å². The molecule has 5 rings (SSSR count). The summed E-state index contributed by atoms with van der Waals surface area (Å²) in [6.07, 6.45) is 5.98. The fraction of sp³-hybridized carbons (Fsp3) is 0.400. The maximum atomic E-state index is 5.90. The van der Waals surface area contributed by atoms with E-state index in [2.05, 4.69) is 47.2 Å². The van der Waals surface area contributed by atoms with Crippen molar-refractivity contribution in [2.45, 2.75) is 13.1 Å². The van der Waals surface area contributed by atoms with E-state index in [1.165, 1.54) is 0 Å². The zero-order chi connectivity index (χ0) is 18.9. The molecule has 2 aromatic heterocycles. The minimum absolute atomic E-state index is 0.623. The Morgan fingerprint density at radius 2 is 1.93 bits per heavy atom. The highest BCUT2D eigenvalue weighted by molar-refractivity contribution is 9.10. The van der Waals surface area contributed by atoms with Crippen LogP contribution in [0.4, 0.5) is 0 Å². The first-order valence-electron chi connectivity index (χ1n) is 9.59. The van der Waals surface area contributed by atoms with Crippen LogP contribution in [0.2, 0.25) is 0 Å². The van der Waals surface area contributed by atoms with Crippen molar-refractivity contribution >= 4 is 15.9 Å². The zero-order valence-electron chi connectivity index (χ0n) is 15.6. The largest absolute Gasteiger partial charge is 0.491 e. The molecule has 0 spiro atoms. The van der Waals surface area contributed by atoms with Crippen LogP contribution in [-0.2, 0) is 17.8 Å². The number of hydrogen-bond donors (Lipinski definition) is 0. The predicted molar refractivity (Wildman–Crippen MR) is 109 cm³/mol. The molecule has 2 aliphatic heterocycles. The summed E-state index contributed by atoms with van der Waals surface area (Å²) in [5.74, 6) is 2.70. The van der Waals surface area contributed by atoms with E-state index in [9.17, 15) is 0 Å². The van der Waals surface area contributed by atoms with Crippen molar-refractivity contribution in [1.29, 1.82) is 0 Å². The quantitative estimate of drug-likeness (QED) is 0.620. The molecular formula is C20H22BrN5O2. The standard InChI is InChI=1S/C20H22BrN5O2/c21-15-1-2-16-18(13-15)28-12-9-26-14-17(23-19(16)26)20-22-3-4-25(20)6-5-24-7-10-27-11-8-24/h1-4,13-14H,5-12H2. The van der Waals surface area contributed by atoms with Gasteiger partial charge in [0.1, 0.15) is 23.9 Å². The van der Waals surface area contributed by atoms with Crippen LogP contribution in [0.15, 0.2) is 41.3 Å². The highest BCUT2D eigenvalue weighted by Crippen LogP contribution is 2.35. The van der Waals surface area contributed by atoms with Crippen LogP contribution >= 0.6 is 15.9 Å². The number of aromatic nitrogens is 4. The van der Waals surface area contributed by atoms with Gasteiger partial charge in [-0.2, -0.15) is 0 Å². The molecule has 0 N–H and O–H groups in total. The second-order valence-electron chi connectivity index (χ2n) is 7.03. The summed E-state index contributed by atoms with van der Waals surface area (Å²) in [5.41, 5.74) is 1.91. The van der Waals surface area contributed by atoms with Crippen molar-refractivity contribution in [2.75, 3.05) is 39.5 Å². The van der Waals surface area contributed by atoms with Gasteiger partial charge in [0, 0.05) is 49.2 Å². The Morgan fingerprint density at radius 3 is 2.82 bits per heavy atom. The number of rotatable bonds is 4. The van der Waals surface area contributed by atoms with Gasteiger partial charge in [0.15, 0.2) is 5.82 Å². The Kier molecular flexibility index (Phi) is 4.92. The number of nitrogens with zero attached hydrogens (tertiary/aromatic N) is 5. The van der Waals surface area contributed by atoms with Crippen molar-refractivity contribution in [1.82, 2.24) is 24.0 Å². The molecule has 2 aliphatic rings. The lowest BCUT2D eigenvalue weighted by Crippen LogP contribution is -2.38. The summed E-state index contributed by atoms with van der Waals surface area (Å²) in [6.45, 7) is 6.91. The van der Waals surface area contributed by atoms with Crippen LogP contribution < -0.4 is 4.74 Å². The second-order valence-corrected chi connectivity index (χ2v) is 7.95. The van der Waals surface area contributed by atoms with Crippen molar-refractivity contribution in [3.8, 4) is 28.7 Å². The molecule has 4 heterocycles. The maximum Gasteiger partial charge on any atom is 0.160 e. The molecule has 0 bridgehead atoms. The lowest BCUT2D eigenvalue weighted by Gasteiger charge is -2.26. The molecule has 0 aliphatic carbocycles. The van der Waals surface area contributed by atoms with Crippen molar-refractivity contribution in [2.24, 2.45) is 0 Å².